The molecule has 1 aromatic heterocycles. The van der Waals surface area contributed by atoms with Gasteiger partial charge < -0.3 is 5.11 Å². The maximum Gasteiger partial charge on any atom is 0.322 e. The van der Waals surface area contributed by atoms with Crippen molar-refractivity contribution in [2.75, 3.05) is 0 Å². The van der Waals surface area contributed by atoms with Crippen LogP contribution in [0.15, 0.2) is 36.5 Å². The zero-order valence-electron chi connectivity index (χ0n) is 12.9. The Bertz CT molecular complexity index is 784. The molecule has 0 amide bonds. The molecular formula is C15H19N3O4S. The van der Waals surface area contributed by atoms with Crippen molar-refractivity contribution in [1.29, 1.82) is 0 Å². The zero-order valence-corrected chi connectivity index (χ0v) is 13.7. The van der Waals surface area contributed by atoms with Gasteiger partial charge in [0, 0.05) is 19.2 Å². The number of nitrogens with one attached hydrogen (secondary N) is 1. The Morgan fingerprint density at radius 3 is 2.52 bits per heavy atom. The summed E-state index contributed by atoms with van der Waals surface area (Å²) in [7, 11) is -2.02. The molecule has 2 aromatic rings. The van der Waals surface area contributed by atoms with Crippen LogP contribution in [-0.4, -0.2) is 35.3 Å². The summed E-state index contributed by atoms with van der Waals surface area (Å²) in [5, 5.41) is 13.3. The zero-order chi connectivity index (χ0) is 17.0. The minimum Gasteiger partial charge on any atom is -0.480 e. The number of carbonyl (C=O) groups is 1. The maximum absolute atomic E-state index is 12.2. The van der Waals surface area contributed by atoms with Gasteiger partial charge in [0.05, 0.1) is 11.9 Å². The first-order valence-electron chi connectivity index (χ1n) is 7.02. The van der Waals surface area contributed by atoms with Crippen molar-refractivity contribution in [1.82, 2.24) is 14.5 Å². The number of aryl methyl sites for hydroxylation is 1. The molecule has 0 aliphatic heterocycles. The van der Waals surface area contributed by atoms with Crippen LogP contribution in [0.2, 0.25) is 0 Å². The highest BCUT2D eigenvalue weighted by molar-refractivity contribution is 7.88. The third kappa shape index (κ3) is 4.64. The number of aliphatic carboxylic acids is 1. The first-order valence-corrected chi connectivity index (χ1v) is 8.68. The normalized spacial score (nSPS) is 13.0. The Labute approximate surface area is 135 Å². The average molecular weight is 337 g/mol. The molecule has 7 nitrogen and oxygen atoms in total. The SMILES string of the molecule is Cc1c(CC(NS(=O)(=O)Cc2ccccc2)C(=O)O)cnn1C. The quantitative estimate of drug-likeness (QED) is 0.780. The molecule has 0 radical (unpaired) electrons. The molecule has 1 aromatic carbocycles. The third-order valence-corrected chi connectivity index (χ3v) is 4.94. The van der Waals surface area contributed by atoms with Crippen molar-refractivity contribution in [3.8, 4) is 0 Å². The molecule has 0 saturated carbocycles. The summed E-state index contributed by atoms with van der Waals surface area (Å²) in [5.41, 5.74) is 2.10. The standard InChI is InChI=1S/C15H19N3O4S/c1-11-13(9-16-18(11)2)8-14(15(19)20)17-23(21,22)10-12-6-4-3-5-7-12/h3-7,9,14,17H,8,10H2,1-2H3,(H,19,20). The lowest BCUT2D eigenvalue weighted by Gasteiger charge is -2.14. The van der Waals surface area contributed by atoms with Gasteiger partial charge in [-0.2, -0.15) is 5.10 Å². The first kappa shape index (κ1) is 17.2. The van der Waals surface area contributed by atoms with E-state index < -0.39 is 22.0 Å². The van der Waals surface area contributed by atoms with Gasteiger partial charge in [-0.3, -0.25) is 9.48 Å². The average Bonchev–Trinajstić information content (AvgIpc) is 2.79. The summed E-state index contributed by atoms with van der Waals surface area (Å²) in [4.78, 5) is 11.4. The van der Waals surface area contributed by atoms with Gasteiger partial charge in [0.25, 0.3) is 0 Å². The van der Waals surface area contributed by atoms with E-state index in [1.807, 2.05) is 0 Å². The van der Waals surface area contributed by atoms with E-state index in [2.05, 4.69) is 9.82 Å². The van der Waals surface area contributed by atoms with Gasteiger partial charge in [0.1, 0.15) is 6.04 Å². The number of sulfonamides is 1. The fourth-order valence-corrected chi connectivity index (χ4v) is 3.53. The molecule has 23 heavy (non-hydrogen) atoms. The summed E-state index contributed by atoms with van der Waals surface area (Å²) in [5.74, 6) is -1.48. The summed E-state index contributed by atoms with van der Waals surface area (Å²) in [6, 6.07) is 7.39. The Balaban J connectivity index is 2.12. The number of hydrogen-bond donors (Lipinski definition) is 2. The lowest BCUT2D eigenvalue weighted by molar-refractivity contribution is -0.138. The highest BCUT2D eigenvalue weighted by Crippen LogP contribution is 2.11. The maximum atomic E-state index is 12.2. The second kappa shape index (κ2) is 6.93. The van der Waals surface area contributed by atoms with Crippen molar-refractivity contribution in [3.63, 3.8) is 0 Å². The topological polar surface area (TPSA) is 101 Å². The number of benzene rings is 1. The molecule has 1 atom stereocenters. The fraction of sp³-hybridized carbons (Fsp3) is 0.333. The third-order valence-electron chi connectivity index (χ3n) is 3.58. The number of carboxylic acid groups (broad SMARTS) is 1. The molecular weight excluding hydrogens is 318 g/mol. The van der Waals surface area contributed by atoms with Gasteiger partial charge in [-0.1, -0.05) is 30.3 Å². The second-order valence-corrected chi connectivity index (χ2v) is 7.09. The Kier molecular flexibility index (Phi) is 5.17. The Hall–Kier alpha value is -2.19. The lowest BCUT2D eigenvalue weighted by atomic mass is 10.1. The van der Waals surface area contributed by atoms with Gasteiger partial charge in [-0.25, -0.2) is 13.1 Å². The highest BCUT2D eigenvalue weighted by atomic mass is 32.2. The predicted molar refractivity (Wildman–Crippen MR) is 85.3 cm³/mol. The molecule has 1 heterocycles. The van der Waals surface area contributed by atoms with Gasteiger partial charge in [0.2, 0.25) is 10.0 Å². The minimum absolute atomic E-state index is 0.0447. The largest absolute Gasteiger partial charge is 0.480 e. The van der Waals surface area contributed by atoms with Crippen LogP contribution in [0.25, 0.3) is 0 Å². The van der Waals surface area contributed by atoms with E-state index in [1.165, 1.54) is 0 Å². The molecule has 2 rings (SSSR count). The van der Waals surface area contributed by atoms with Gasteiger partial charge in [-0.05, 0) is 18.1 Å². The Morgan fingerprint density at radius 2 is 2.00 bits per heavy atom. The molecule has 0 fully saturated rings. The lowest BCUT2D eigenvalue weighted by Crippen LogP contribution is -2.42. The molecule has 8 heteroatoms. The molecule has 0 bridgehead atoms. The van der Waals surface area contributed by atoms with Crippen LogP contribution in [0.5, 0.6) is 0 Å². The van der Waals surface area contributed by atoms with Crippen LogP contribution in [0.4, 0.5) is 0 Å². The van der Waals surface area contributed by atoms with Crippen LogP contribution in [-0.2, 0) is 34.0 Å². The number of aromatic nitrogens is 2. The van der Waals surface area contributed by atoms with Gasteiger partial charge in [0.15, 0.2) is 0 Å². The van der Waals surface area contributed by atoms with Crippen LogP contribution in [0, 0.1) is 6.92 Å². The van der Waals surface area contributed by atoms with Crippen LogP contribution in [0.3, 0.4) is 0 Å². The monoisotopic (exact) mass is 337 g/mol. The van der Waals surface area contributed by atoms with E-state index in [-0.39, 0.29) is 12.2 Å². The molecule has 2 N–H and O–H groups in total. The second-order valence-electron chi connectivity index (χ2n) is 5.34. The smallest absolute Gasteiger partial charge is 0.322 e. The number of rotatable bonds is 7. The molecule has 0 saturated heterocycles. The van der Waals surface area contributed by atoms with E-state index in [4.69, 9.17) is 0 Å². The summed E-state index contributed by atoms with van der Waals surface area (Å²) in [6.45, 7) is 1.81. The van der Waals surface area contributed by atoms with Crippen molar-refractivity contribution in [2.45, 2.75) is 25.1 Å². The van der Waals surface area contributed by atoms with E-state index in [9.17, 15) is 18.3 Å². The van der Waals surface area contributed by atoms with E-state index >= 15 is 0 Å². The number of nitrogens with zero attached hydrogens (tertiary/aromatic N) is 2. The van der Waals surface area contributed by atoms with Gasteiger partial charge >= 0.3 is 5.97 Å². The summed E-state index contributed by atoms with van der Waals surface area (Å²) < 4.78 is 28.3. The predicted octanol–water partition coefficient (Wildman–Crippen LogP) is 0.844. The Morgan fingerprint density at radius 1 is 1.35 bits per heavy atom. The van der Waals surface area contributed by atoms with Crippen LogP contribution in [0.1, 0.15) is 16.8 Å². The van der Waals surface area contributed by atoms with Crippen molar-refractivity contribution in [2.24, 2.45) is 7.05 Å². The van der Waals surface area contributed by atoms with E-state index in [0.29, 0.717) is 11.1 Å². The summed E-state index contributed by atoms with van der Waals surface area (Å²) >= 11 is 0. The van der Waals surface area contributed by atoms with Crippen LogP contribution < -0.4 is 4.72 Å². The molecule has 0 aliphatic carbocycles. The molecule has 1 unspecified atom stereocenters. The molecule has 124 valence electrons. The minimum atomic E-state index is -3.76. The number of carboxylic acids is 1. The fourth-order valence-electron chi connectivity index (χ4n) is 2.20. The van der Waals surface area contributed by atoms with Crippen LogP contribution >= 0.6 is 0 Å². The summed E-state index contributed by atoms with van der Waals surface area (Å²) in [6.07, 6.45) is 1.60. The van der Waals surface area contributed by atoms with E-state index in [0.717, 1.165) is 5.69 Å². The molecule has 0 aliphatic rings. The van der Waals surface area contributed by atoms with Gasteiger partial charge in [-0.15, -0.1) is 0 Å². The van der Waals surface area contributed by atoms with E-state index in [1.54, 1.807) is 55.2 Å². The molecule has 0 spiro atoms. The van der Waals surface area contributed by atoms with Crippen molar-refractivity contribution in [3.05, 3.63) is 53.3 Å². The van der Waals surface area contributed by atoms with Crippen molar-refractivity contribution >= 4 is 16.0 Å². The van der Waals surface area contributed by atoms with Crippen molar-refractivity contribution < 1.29 is 18.3 Å². The number of hydrogen-bond acceptors (Lipinski definition) is 4. The highest BCUT2D eigenvalue weighted by Gasteiger charge is 2.25. The first-order chi connectivity index (χ1) is 10.8.